The number of imidazole rings is 1. The van der Waals surface area contributed by atoms with Crippen LogP contribution in [0.25, 0.3) is 21.3 Å². The Labute approximate surface area is 210 Å². The van der Waals surface area contributed by atoms with Gasteiger partial charge in [0.15, 0.2) is 5.82 Å². The third kappa shape index (κ3) is 4.80. The van der Waals surface area contributed by atoms with Gasteiger partial charge in [0.1, 0.15) is 17.1 Å². The molecule has 2 aromatic carbocycles. The summed E-state index contributed by atoms with van der Waals surface area (Å²) >= 11 is 5.26. The standard InChI is InChI=1S/C26H25BrN4O2S/c1-32-19-11-9-17(10-12-19)15-31-22(8-5-13-33-16-18-6-3-2-4-7-18)30-23-24(31)25-20(29-26(23)28)14-21(27)34-25/h2-4,6-7,9-12,14H,5,8,13,15-16H2,1H3,(H2,28,29). The van der Waals surface area contributed by atoms with Crippen LogP contribution in [-0.4, -0.2) is 28.3 Å². The Balaban J connectivity index is 1.43. The summed E-state index contributed by atoms with van der Waals surface area (Å²) in [7, 11) is 1.68. The molecule has 3 aromatic heterocycles. The number of rotatable bonds is 9. The zero-order chi connectivity index (χ0) is 23.5. The third-order valence-electron chi connectivity index (χ3n) is 5.73. The molecular formula is C26H25BrN4O2S. The minimum absolute atomic E-state index is 0.461. The van der Waals surface area contributed by atoms with Crippen LogP contribution in [0.15, 0.2) is 64.5 Å². The monoisotopic (exact) mass is 536 g/mol. The highest BCUT2D eigenvalue weighted by Crippen LogP contribution is 2.37. The number of nitrogens with zero attached hydrogens (tertiary/aromatic N) is 3. The van der Waals surface area contributed by atoms with Gasteiger partial charge < -0.3 is 19.8 Å². The Bertz CT molecular complexity index is 1410. The van der Waals surface area contributed by atoms with Gasteiger partial charge in [-0.3, -0.25) is 0 Å². The molecule has 2 N–H and O–H groups in total. The smallest absolute Gasteiger partial charge is 0.152 e. The first-order valence-electron chi connectivity index (χ1n) is 11.1. The number of nitrogens with two attached hydrogens (primary N) is 1. The number of aromatic nitrogens is 3. The van der Waals surface area contributed by atoms with E-state index in [2.05, 4.69) is 49.7 Å². The van der Waals surface area contributed by atoms with E-state index in [1.807, 2.05) is 36.4 Å². The van der Waals surface area contributed by atoms with Gasteiger partial charge in [-0.1, -0.05) is 42.5 Å². The molecule has 0 aliphatic carbocycles. The second kappa shape index (κ2) is 10.1. The van der Waals surface area contributed by atoms with Crippen molar-refractivity contribution in [3.05, 3.63) is 81.4 Å². The molecule has 0 aliphatic rings. The fourth-order valence-corrected chi connectivity index (χ4v) is 5.65. The number of fused-ring (bicyclic) bond motifs is 3. The lowest BCUT2D eigenvalue weighted by atomic mass is 10.2. The first-order chi connectivity index (χ1) is 16.6. The second-order valence-corrected chi connectivity index (χ2v) is 10.5. The molecule has 0 bridgehead atoms. The van der Waals surface area contributed by atoms with Crippen molar-refractivity contribution in [3.63, 3.8) is 0 Å². The first kappa shape index (κ1) is 22.8. The third-order valence-corrected chi connectivity index (χ3v) is 7.36. The summed E-state index contributed by atoms with van der Waals surface area (Å²) in [6, 6.07) is 20.4. The molecule has 0 fully saturated rings. The molecule has 0 spiro atoms. The summed E-state index contributed by atoms with van der Waals surface area (Å²) in [4.78, 5) is 9.54. The van der Waals surface area contributed by atoms with Crippen molar-refractivity contribution in [1.29, 1.82) is 0 Å². The molecule has 5 aromatic rings. The van der Waals surface area contributed by atoms with Crippen LogP contribution in [0.3, 0.4) is 0 Å². The van der Waals surface area contributed by atoms with E-state index < -0.39 is 0 Å². The lowest BCUT2D eigenvalue weighted by Gasteiger charge is -2.11. The largest absolute Gasteiger partial charge is 0.497 e. The van der Waals surface area contributed by atoms with Crippen molar-refractivity contribution < 1.29 is 9.47 Å². The number of halogens is 1. The average Bonchev–Trinajstić information content (AvgIpc) is 3.40. The van der Waals surface area contributed by atoms with E-state index in [9.17, 15) is 0 Å². The second-order valence-electron chi connectivity index (χ2n) is 8.06. The predicted octanol–water partition coefficient (Wildman–Crippen LogP) is 6.20. The van der Waals surface area contributed by atoms with Gasteiger partial charge in [-0.15, -0.1) is 11.3 Å². The number of benzene rings is 2. The molecule has 34 heavy (non-hydrogen) atoms. The number of methoxy groups -OCH3 is 1. The number of thiophene rings is 1. The highest BCUT2D eigenvalue weighted by atomic mass is 79.9. The molecular weight excluding hydrogens is 512 g/mol. The summed E-state index contributed by atoms with van der Waals surface area (Å²) in [6.45, 7) is 1.97. The highest BCUT2D eigenvalue weighted by Gasteiger charge is 2.19. The lowest BCUT2D eigenvalue weighted by Crippen LogP contribution is -2.07. The van der Waals surface area contributed by atoms with Gasteiger partial charge in [0.2, 0.25) is 0 Å². The van der Waals surface area contributed by atoms with Crippen LogP contribution in [0, 0.1) is 0 Å². The topological polar surface area (TPSA) is 75.2 Å². The number of aryl methyl sites for hydroxylation is 1. The van der Waals surface area contributed by atoms with Gasteiger partial charge in [-0.25, -0.2) is 9.97 Å². The van der Waals surface area contributed by atoms with E-state index in [-0.39, 0.29) is 0 Å². The van der Waals surface area contributed by atoms with Crippen LogP contribution in [0.5, 0.6) is 5.75 Å². The zero-order valence-corrected chi connectivity index (χ0v) is 21.2. The summed E-state index contributed by atoms with van der Waals surface area (Å²) in [5.74, 6) is 2.29. The maximum atomic E-state index is 6.35. The van der Waals surface area contributed by atoms with Gasteiger partial charge in [0, 0.05) is 19.6 Å². The van der Waals surface area contributed by atoms with Crippen molar-refractivity contribution in [2.45, 2.75) is 26.0 Å². The minimum Gasteiger partial charge on any atom is -0.497 e. The molecule has 0 atom stereocenters. The summed E-state index contributed by atoms with van der Waals surface area (Å²) < 4.78 is 15.6. The summed E-state index contributed by atoms with van der Waals surface area (Å²) in [6.07, 6.45) is 1.65. The first-order valence-corrected chi connectivity index (χ1v) is 12.7. The van der Waals surface area contributed by atoms with Crippen LogP contribution >= 0.6 is 27.3 Å². The van der Waals surface area contributed by atoms with Crippen molar-refractivity contribution in [1.82, 2.24) is 14.5 Å². The van der Waals surface area contributed by atoms with Gasteiger partial charge in [-0.05, 0) is 51.7 Å². The molecule has 3 heterocycles. The quantitative estimate of drug-likeness (QED) is 0.227. The van der Waals surface area contributed by atoms with Gasteiger partial charge in [-0.2, -0.15) is 0 Å². The lowest BCUT2D eigenvalue weighted by molar-refractivity contribution is 0.118. The molecule has 5 rings (SSSR count). The van der Waals surface area contributed by atoms with E-state index >= 15 is 0 Å². The Morgan fingerprint density at radius 1 is 1.03 bits per heavy atom. The van der Waals surface area contributed by atoms with Gasteiger partial charge in [0.25, 0.3) is 0 Å². The van der Waals surface area contributed by atoms with Crippen LogP contribution in [0.4, 0.5) is 5.82 Å². The van der Waals surface area contributed by atoms with Crippen LogP contribution in [0.2, 0.25) is 0 Å². The Kier molecular flexibility index (Phi) is 6.80. The normalized spacial score (nSPS) is 11.5. The van der Waals surface area contributed by atoms with E-state index in [4.69, 9.17) is 20.2 Å². The van der Waals surface area contributed by atoms with E-state index in [1.54, 1.807) is 18.4 Å². The Hall–Kier alpha value is -2.94. The molecule has 0 saturated carbocycles. The van der Waals surface area contributed by atoms with E-state index in [0.717, 1.165) is 49.5 Å². The summed E-state index contributed by atoms with van der Waals surface area (Å²) in [5, 5.41) is 0. The molecule has 0 radical (unpaired) electrons. The fourth-order valence-electron chi connectivity index (χ4n) is 4.07. The minimum atomic E-state index is 0.461. The van der Waals surface area contributed by atoms with E-state index in [1.165, 1.54) is 11.1 Å². The van der Waals surface area contributed by atoms with Gasteiger partial charge in [0.05, 0.1) is 33.2 Å². The van der Waals surface area contributed by atoms with Crippen molar-refractivity contribution in [2.75, 3.05) is 19.5 Å². The van der Waals surface area contributed by atoms with Gasteiger partial charge >= 0.3 is 0 Å². The maximum absolute atomic E-state index is 6.35. The van der Waals surface area contributed by atoms with Crippen molar-refractivity contribution in [3.8, 4) is 5.75 Å². The predicted molar refractivity (Wildman–Crippen MR) is 142 cm³/mol. The molecule has 6 nitrogen and oxygen atoms in total. The molecule has 0 aliphatic heterocycles. The Morgan fingerprint density at radius 3 is 2.59 bits per heavy atom. The maximum Gasteiger partial charge on any atom is 0.152 e. The highest BCUT2D eigenvalue weighted by molar-refractivity contribution is 9.11. The number of nitrogen functional groups attached to an aromatic ring is 1. The number of pyridine rings is 1. The number of anilines is 1. The zero-order valence-electron chi connectivity index (χ0n) is 18.8. The van der Waals surface area contributed by atoms with Crippen LogP contribution in [0.1, 0.15) is 23.4 Å². The van der Waals surface area contributed by atoms with E-state index in [0.29, 0.717) is 25.6 Å². The average molecular weight is 537 g/mol. The van der Waals surface area contributed by atoms with Crippen LogP contribution in [-0.2, 0) is 24.3 Å². The molecule has 0 saturated heterocycles. The van der Waals surface area contributed by atoms with Crippen molar-refractivity contribution in [2.24, 2.45) is 0 Å². The molecule has 8 heteroatoms. The summed E-state index contributed by atoms with van der Waals surface area (Å²) in [5.41, 5.74) is 11.4. The number of hydrogen-bond acceptors (Lipinski definition) is 6. The van der Waals surface area contributed by atoms with Crippen LogP contribution < -0.4 is 10.5 Å². The number of hydrogen-bond donors (Lipinski definition) is 1. The Morgan fingerprint density at radius 2 is 1.82 bits per heavy atom. The molecule has 0 amide bonds. The SMILES string of the molecule is COc1ccc(Cn2c(CCCOCc3ccccc3)nc3c(N)nc4cc(Br)sc4c32)cc1. The number of ether oxygens (including phenoxy) is 2. The molecule has 0 unspecified atom stereocenters. The fraction of sp³-hybridized carbons (Fsp3) is 0.231. The molecule has 174 valence electrons. The van der Waals surface area contributed by atoms with Crippen molar-refractivity contribution >= 4 is 54.3 Å².